The van der Waals surface area contributed by atoms with Crippen LogP contribution in [0.1, 0.15) is 19.3 Å². The molecule has 0 saturated carbocycles. The standard InChI is InChI=1S/C19H25N3O4/c23-18(14-24-13-15-5-3-4-12-25-15)21-8-10-22(11-9-21)19-20-16-6-1-2-7-17(16)26-19/h1-2,6-7,15H,3-5,8-14H2. The molecule has 2 aromatic rings. The molecule has 26 heavy (non-hydrogen) atoms. The van der Waals surface area contributed by atoms with Crippen molar-refractivity contribution >= 4 is 23.0 Å². The summed E-state index contributed by atoms with van der Waals surface area (Å²) < 4.78 is 17.0. The van der Waals surface area contributed by atoms with Crippen LogP contribution < -0.4 is 4.90 Å². The Kier molecular flexibility index (Phi) is 5.36. The van der Waals surface area contributed by atoms with Crippen molar-refractivity contribution in [2.75, 3.05) is 50.9 Å². The molecule has 0 N–H and O–H groups in total. The molecule has 2 aliphatic rings. The van der Waals surface area contributed by atoms with Crippen LogP contribution in [-0.4, -0.2) is 67.9 Å². The van der Waals surface area contributed by atoms with Crippen LogP contribution in [0.2, 0.25) is 0 Å². The third kappa shape index (κ3) is 3.99. The predicted molar refractivity (Wildman–Crippen MR) is 97.2 cm³/mol. The van der Waals surface area contributed by atoms with E-state index in [4.69, 9.17) is 13.9 Å². The lowest BCUT2D eigenvalue weighted by Crippen LogP contribution is -2.50. The van der Waals surface area contributed by atoms with Crippen molar-refractivity contribution < 1.29 is 18.7 Å². The second kappa shape index (κ2) is 8.05. The van der Waals surface area contributed by atoms with Crippen molar-refractivity contribution in [1.82, 2.24) is 9.88 Å². The number of benzene rings is 1. The molecule has 2 saturated heterocycles. The summed E-state index contributed by atoms with van der Waals surface area (Å²) in [6.45, 7) is 4.17. The van der Waals surface area contributed by atoms with Gasteiger partial charge in [0.05, 0.1) is 12.7 Å². The van der Waals surface area contributed by atoms with Crippen LogP contribution in [0, 0.1) is 0 Å². The molecule has 0 radical (unpaired) electrons. The number of anilines is 1. The normalized spacial score (nSPS) is 21.3. The molecule has 0 spiro atoms. The quantitative estimate of drug-likeness (QED) is 0.814. The summed E-state index contributed by atoms with van der Waals surface area (Å²) in [4.78, 5) is 20.8. The van der Waals surface area contributed by atoms with Crippen LogP contribution in [0.5, 0.6) is 0 Å². The Labute approximate surface area is 152 Å². The number of ether oxygens (including phenoxy) is 2. The van der Waals surface area contributed by atoms with Gasteiger partial charge in [-0.05, 0) is 31.4 Å². The number of carbonyl (C=O) groups is 1. The van der Waals surface area contributed by atoms with Crippen LogP contribution >= 0.6 is 0 Å². The minimum Gasteiger partial charge on any atom is -0.423 e. The van der Waals surface area contributed by atoms with Gasteiger partial charge in [0, 0.05) is 32.8 Å². The second-order valence-electron chi connectivity index (χ2n) is 6.84. The maximum Gasteiger partial charge on any atom is 0.298 e. The van der Waals surface area contributed by atoms with Gasteiger partial charge in [0.15, 0.2) is 5.58 Å². The number of nitrogens with zero attached hydrogens (tertiary/aromatic N) is 3. The Bertz CT molecular complexity index is 700. The number of para-hydroxylation sites is 2. The number of rotatable bonds is 5. The Morgan fingerprint density at radius 2 is 2.04 bits per heavy atom. The van der Waals surface area contributed by atoms with E-state index >= 15 is 0 Å². The third-order valence-electron chi connectivity index (χ3n) is 4.99. The minimum absolute atomic E-state index is 0.0398. The molecule has 7 heteroatoms. The summed E-state index contributed by atoms with van der Waals surface area (Å²) >= 11 is 0. The lowest BCUT2D eigenvalue weighted by Gasteiger charge is -2.33. The highest BCUT2D eigenvalue weighted by molar-refractivity contribution is 5.78. The Morgan fingerprint density at radius 3 is 2.81 bits per heavy atom. The maximum absolute atomic E-state index is 12.3. The van der Waals surface area contributed by atoms with Gasteiger partial charge in [-0.3, -0.25) is 4.79 Å². The van der Waals surface area contributed by atoms with E-state index in [9.17, 15) is 4.79 Å². The summed E-state index contributed by atoms with van der Waals surface area (Å²) in [5.74, 6) is 0.0398. The molecule has 2 aliphatic heterocycles. The topological polar surface area (TPSA) is 68.0 Å². The van der Waals surface area contributed by atoms with Crippen LogP contribution in [0.15, 0.2) is 28.7 Å². The van der Waals surface area contributed by atoms with Gasteiger partial charge in [-0.25, -0.2) is 0 Å². The SMILES string of the molecule is O=C(COCC1CCCCO1)N1CCN(c2nc3ccccc3o2)CC1. The highest BCUT2D eigenvalue weighted by Crippen LogP contribution is 2.22. The molecule has 2 fully saturated rings. The van der Waals surface area contributed by atoms with E-state index in [0.29, 0.717) is 38.8 Å². The van der Waals surface area contributed by atoms with E-state index in [1.54, 1.807) is 0 Å². The molecule has 7 nitrogen and oxygen atoms in total. The van der Waals surface area contributed by atoms with Crippen molar-refractivity contribution in [2.24, 2.45) is 0 Å². The van der Waals surface area contributed by atoms with Gasteiger partial charge in [-0.1, -0.05) is 12.1 Å². The van der Waals surface area contributed by atoms with Gasteiger partial charge in [0.1, 0.15) is 12.1 Å². The van der Waals surface area contributed by atoms with Crippen molar-refractivity contribution in [3.8, 4) is 0 Å². The first kappa shape index (κ1) is 17.3. The second-order valence-corrected chi connectivity index (χ2v) is 6.84. The Balaban J connectivity index is 1.23. The molecule has 1 unspecified atom stereocenters. The van der Waals surface area contributed by atoms with E-state index in [2.05, 4.69) is 9.88 Å². The fraction of sp³-hybridized carbons (Fsp3) is 0.579. The number of hydrogen-bond acceptors (Lipinski definition) is 6. The van der Waals surface area contributed by atoms with E-state index in [1.165, 1.54) is 6.42 Å². The average Bonchev–Trinajstić information content (AvgIpc) is 3.13. The van der Waals surface area contributed by atoms with Crippen molar-refractivity contribution in [2.45, 2.75) is 25.4 Å². The first-order valence-corrected chi connectivity index (χ1v) is 9.37. The minimum atomic E-state index is 0.0398. The van der Waals surface area contributed by atoms with Gasteiger partial charge >= 0.3 is 0 Å². The van der Waals surface area contributed by atoms with E-state index in [0.717, 1.165) is 30.5 Å². The molecule has 3 heterocycles. The zero-order chi connectivity index (χ0) is 17.8. The molecule has 1 amide bonds. The largest absolute Gasteiger partial charge is 0.423 e. The average molecular weight is 359 g/mol. The Hall–Kier alpha value is -2.12. The molecular weight excluding hydrogens is 334 g/mol. The molecule has 4 rings (SSSR count). The van der Waals surface area contributed by atoms with Crippen molar-refractivity contribution in [3.05, 3.63) is 24.3 Å². The van der Waals surface area contributed by atoms with Crippen LogP contribution in [0.4, 0.5) is 6.01 Å². The number of aromatic nitrogens is 1. The molecular formula is C19H25N3O4. The number of oxazole rings is 1. The van der Waals surface area contributed by atoms with Crippen LogP contribution in [0.25, 0.3) is 11.1 Å². The van der Waals surface area contributed by atoms with Gasteiger partial charge in [0.2, 0.25) is 5.91 Å². The van der Waals surface area contributed by atoms with Gasteiger partial charge in [-0.2, -0.15) is 4.98 Å². The molecule has 140 valence electrons. The lowest BCUT2D eigenvalue weighted by atomic mass is 10.1. The summed E-state index contributed by atoms with van der Waals surface area (Å²) in [6.07, 6.45) is 3.48. The van der Waals surface area contributed by atoms with Gasteiger partial charge in [0.25, 0.3) is 6.01 Å². The van der Waals surface area contributed by atoms with Gasteiger partial charge in [-0.15, -0.1) is 0 Å². The van der Waals surface area contributed by atoms with E-state index < -0.39 is 0 Å². The molecule has 1 aromatic heterocycles. The first-order chi connectivity index (χ1) is 12.8. The summed E-state index contributed by atoms with van der Waals surface area (Å²) in [7, 11) is 0. The smallest absolute Gasteiger partial charge is 0.298 e. The number of fused-ring (bicyclic) bond motifs is 1. The lowest BCUT2D eigenvalue weighted by molar-refractivity contribution is -0.138. The van der Waals surface area contributed by atoms with Gasteiger partial charge < -0.3 is 23.7 Å². The van der Waals surface area contributed by atoms with E-state index in [1.807, 2.05) is 29.2 Å². The third-order valence-corrected chi connectivity index (χ3v) is 4.99. The van der Waals surface area contributed by atoms with Crippen molar-refractivity contribution in [1.29, 1.82) is 0 Å². The van der Waals surface area contributed by atoms with E-state index in [-0.39, 0.29) is 18.6 Å². The summed E-state index contributed by atoms with van der Waals surface area (Å²) in [5.41, 5.74) is 1.65. The Morgan fingerprint density at radius 1 is 1.19 bits per heavy atom. The first-order valence-electron chi connectivity index (χ1n) is 9.37. The zero-order valence-corrected chi connectivity index (χ0v) is 14.9. The molecule has 0 aliphatic carbocycles. The van der Waals surface area contributed by atoms with Crippen molar-refractivity contribution in [3.63, 3.8) is 0 Å². The summed E-state index contributed by atoms with van der Waals surface area (Å²) in [6, 6.07) is 8.37. The number of amides is 1. The molecule has 1 aromatic carbocycles. The number of carbonyl (C=O) groups excluding carboxylic acids is 1. The summed E-state index contributed by atoms with van der Waals surface area (Å²) in [5, 5.41) is 0. The monoisotopic (exact) mass is 359 g/mol. The van der Waals surface area contributed by atoms with Crippen LogP contribution in [0.3, 0.4) is 0 Å². The van der Waals surface area contributed by atoms with Crippen LogP contribution in [-0.2, 0) is 14.3 Å². The molecule has 0 bridgehead atoms. The maximum atomic E-state index is 12.3. The number of hydrogen-bond donors (Lipinski definition) is 0. The highest BCUT2D eigenvalue weighted by atomic mass is 16.5. The molecule has 1 atom stereocenters. The highest BCUT2D eigenvalue weighted by Gasteiger charge is 2.24. The number of piperazine rings is 1. The zero-order valence-electron chi connectivity index (χ0n) is 14.9. The fourth-order valence-corrected chi connectivity index (χ4v) is 3.45. The fourth-order valence-electron chi connectivity index (χ4n) is 3.45. The predicted octanol–water partition coefficient (Wildman–Crippen LogP) is 2.06.